The lowest BCUT2D eigenvalue weighted by Gasteiger charge is -2.11. The molecular formula is C12H14F3N5S. The Hall–Kier alpha value is -1.90. The number of alkyl halides is 3. The van der Waals surface area contributed by atoms with Crippen molar-refractivity contribution in [2.24, 2.45) is 0 Å². The first-order valence-corrected chi connectivity index (χ1v) is 7.05. The molecular weight excluding hydrogens is 303 g/mol. The largest absolute Gasteiger partial charge is 0.433 e. The first-order valence-electron chi connectivity index (χ1n) is 6.17. The van der Waals surface area contributed by atoms with E-state index in [4.69, 9.17) is 0 Å². The maximum atomic E-state index is 12.7. The van der Waals surface area contributed by atoms with E-state index in [2.05, 4.69) is 25.6 Å². The highest BCUT2D eigenvalue weighted by molar-refractivity contribution is 7.09. The van der Waals surface area contributed by atoms with Gasteiger partial charge in [0, 0.05) is 31.5 Å². The average Bonchev–Trinajstić information content (AvgIpc) is 2.83. The van der Waals surface area contributed by atoms with Crippen LogP contribution >= 0.6 is 11.3 Å². The summed E-state index contributed by atoms with van der Waals surface area (Å²) in [5.74, 6) is 0.0606. The number of halogens is 3. The zero-order valence-corrected chi connectivity index (χ0v) is 12.3. The smallest absolute Gasteiger partial charge is 0.370 e. The minimum absolute atomic E-state index is 0.0724. The van der Waals surface area contributed by atoms with Crippen molar-refractivity contribution in [2.75, 3.05) is 24.2 Å². The molecule has 2 N–H and O–H groups in total. The maximum absolute atomic E-state index is 12.7. The van der Waals surface area contributed by atoms with Gasteiger partial charge in [0.15, 0.2) is 5.69 Å². The number of hydrogen-bond acceptors (Lipinski definition) is 6. The molecule has 9 heteroatoms. The monoisotopic (exact) mass is 317 g/mol. The van der Waals surface area contributed by atoms with Crippen LogP contribution in [0.3, 0.4) is 0 Å². The number of nitrogens with one attached hydrogen (secondary N) is 2. The Balaban J connectivity index is 2.05. The number of thiazole rings is 1. The van der Waals surface area contributed by atoms with E-state index >= 15 is 0 Å². The Morgan fingerprint density at radius 3 is 2.57 bits per heavy atom. The number of anilines is 2. The van der Waals surface area contributed by atoms with Crippen molar-refractivity contribution in [3.63, 3.8) is 0 Å². The predicted molar refractivity (Wildman–Crippen MR) is 75.6 cm³/mol. The molecule has 0 fully saturated rings. The van der Waals surface area contributed by atoms with Crippen LogP contribution in [-0.2, 0) is 12.6 Å². The summed E-state index contributed by atoms with van der Waals surface area (Å²) in [6.45, 7) is 2.35. The Morgan fingerprint density at radius 1 is 1.24 bits per heavy atom. The maximum Gasteiger partial charge on any atom is 0.433 e. The van der Waals surface area contributed by atoms with Crippen LogP contribution in [0.1, 0.15) is 16.4 Å². The normalized spacial score (nSPS) is 11.5. The summed E-state index contributed by atoms with van der Waals surface area (Å²) >= 11 is 1.54. The molecule has 2 aromatic heterocycles. The third-order valence-electron chi connectivity index (χ3n) is 2.59. The number of nitrogens with zero attached hydrogens (tertiary/aromatic N) is 3. The molecule has 114 valence electrons. The van der Waals surface area contributed by atoms with E-state index in [1.165, 1.54) is 18.4 Å². The van der Waals surface area contributed by atoms with Gasteiger partial charge in [-0.25, -0.2) is 9.97 Å². The molecule has 2 rings (SSSR count). The molecule has 21 heavy (non-hydrogen) atoms. The van der Waals surface area contributed by atoms with Crippen molar-refractivity contribution in [1.29, 1.82) is 0 Å². The quantitative estimate of drug-likeness (QED) is 0.888. The highest BCUT2D eigenvalue weighted by atomic mass is 32.1. The summed E-state index contributed by atoms with van der Waals surface area (Å²) in [5.41, 5.74) is -0.0715. The van der Waals surface area contributed by atoms with Gasteiger partial charge in [0.05, 0.1) is 10.7 Å². The van der Waals surface area contributed by atoms with E-state index in [0.29, 0.717) is 13.0 Å². The van der Waals surface area contributed by atoms with Gasteiger partial charge in [0.1, 0.15) is 5.82 Å². The van der Waals surface area contributed by atoms with Gasteiger partial charge in [-0.3, -0.25) is 0 Å². The lowest BCUT2D eigenvalue weighted by molar-refractivity contribution is -0.141. The molecule has 2 heterocycles. The summed E-state index contributed by atoms with van der Waals surface area (Å²) < 4.78 is 38.2. The van der Waals surface area contributed by atoms with Gasteiger partial charge in [-0.05, 0) is 6.92 Å². The second kappa shape index (κ2) is 6.25. The highest BCUT2D eigenvalue weighted by Gasteiger charge is 2.33. The van der Waals surface area contributed by atoms with Crippen LogP contribution in [0.4, 0.5) is 24.9 Å². The number of aromatic nitrogens is 3. The number of hydrogen-bond donors (Lipinski definition) is 2. The molecule has 0 spiro atoms. The molecule has 0 aliphatic heterocycles. The fourth-order valence-electron chi connectivity index (χ4n) is 1.64. The van der Waals surface area contributed by atoms with Gasteiger partial charge in [-0.1, -0.05) is 0 Å². The summed E-state index contributed by atoms with van der Waals surface area (Å²) in [4.78, 5) is 11.6. The Bertz CT molecular complexity index is 611. The van der Waals surface area contributed by atoms with E-state index in [1.807, 2.05) is 12.3 Å². The van der Waals surface area contributed by atoms with Crippen LogP contribution < -0.4 is 10.6 Å². The van der Waals surface area contributed by atoms with E-state index in [9.17, 15) is 13.2 Å². The zero-order chi connectivity index (χ0) is 15.5. The van der Waals surface area contributed by atoms with Crippen molar-refractivity contribution >= 4 is 23.1 Å². The molecule has 0 aliphatic carbocycles. The summed E-state index contributed by atoms with van der Waals surface area (Å²) in [7, 11) is 1.47. The predicted octanol–water partition coefficient (Wildman–Crippen LogP) is 2.96. The van der Waals surface area contributed by atoms with E-state index < -0.39 is 11.9 Å². The van der Waals surface area contributed by atoms with Crippen molar-refractivity contribution in [3.05, 3.63) is 27.8 Å². The lowest BCUT2D eigenvalue weighted by atomic mass is 10.3. The number of rotatable bonds is 5. The SMILES string of the molecule is CNc1nc(NCCc2csc(C)n2)cc(C(F)(F)F)n1. The summed E-state index contributed by atoms with van der Waals surface area (Å²) in [5, 5.41) is 8.27. The molecule has 2 aromatic rings. The van der Waals surface area contributed by atoms with E-state index in [1.54, 1.807) is 0 Å². The average molecular weight is 317 g/mol. The fourth-order valence-corrected chi connectivity index (χ4v) is 2.28. The van der Waals surface area contributed by atoms with Gasteiger partial charge < -0.3 is 10.6 Å². The van der Waals surface area contributed by atoms with Crippen LogP contribution in [-0.4, -0.2) is 28.5 Å². The fraction of sp³-hybridized carbons (Fsp3) is 0.417. The molecule has 0 saturated heterocycles. The third kappa shape index (κ3) is 4.28. The van der Waals surface area contributed by atoms with Crippen LogP contribution in [0, 0.1) is 6.92 Å². The molecule has 0 atom stereocenters. The van der Waals surface area contributed by atoms with Crippen LogP contribution in [0.5, 0.6) is 0 Å². The van der Waals surface area contributed by atoms with Crippen LogP contribution in [0.2, 0.25) is 0 Å². The summed E-state index contributed by atoms with van der Waals surface area (Å²) in [6.07, 6.45) is -3.89. The molecule has 0 aliphatic rings. The van der Waals surface area contributed by atoms with Gasteiger partial charge in [0.2, 0.25) is 5.95 Å². The highest BCUT2D eigenvalue weighted by Crippen LogP contribution is 2.29. The third-order valence-corrected chi connectivity index (χ3v) is 3.42. The standard InChI is InChI=1S/C12H14F3N5S/c1-7-18-8(6-21-7)3-4-17-10-5-9(12(13,14)15)19-11(16-2)20-10/h5-6H,3-4H2,1-2H3,(H2,16,17,19,20). The van der Waals surface area contributed by atoms with Crippen LogP contribution in [0.15, 0.2) is 11.4 Å². The van der Waals surface area contributed by atoms with E-state index in [0.717, 1.165) is 16.8 Å². The number of aryl methyl sites for hydroxylation is 1. The molecule has 0 radical (unpaired) electrons. The van der Waals surface area contributed by atoms with Gasteiger partial charge in [0.25, 0.3) is 0 Å². The van der Waals surface area contributed by atoms with Crippen molar-refractivity contribution in [3.8, 4) is 0 Å². The molecule has 5 nitrogen and oxygen atoms in total. The van der Waals surface area contributed by atoms with Gasteiger partial charge in [-0.15, -0.1) is 11.3 Å². The molecule has 0 amide bonds. The lowest BCUT2D eigenvalue weighted by Crippen LogP contribution is -2.14. The second-order valence-electron chi connectivity index (χ2n) is 4.24. The van der Waals surface area contributed by atoms with E-state index in [-0.39, 0.29) is 11.8 Å². The Morgan fingerprint density at radius 2 is 2.00 bits per heavy atom. The summed E-state index contributed by atoms with van der Waals surface area (Å²) in [6, 6.07) is 0.896. The minimum Gasteiger partial charge on any atom is -0.370 e. The topological polar surface area (TPSA) is 62.7 Å². The van der Waals surface area contributed by atoms with Crippen LogP contribution in [0.25, 0.3) is 0 Å². The molecule has 0 bridgehead atoms. The first kappa shape index (κ1) is 15.5. The first-order chi connectivity index (χ1) is 9.88. The van der Waals surface area contributed by atoms with Crippen molar-refractivity contribution in [1.82, 2.24) is 15.0 Å². The Labute approximate surface area is 123 Å². The van der Waals surface area contributed by atoms with Crippen molar-refractivity contribution < 1.29 is 13.2 Å². The molecule has 0 unspecified atom stereocenters. The van der Waals surface area contributed by atoms with Crippen molar-refractivity contribution in [2.45, 2.75) is 19.5 Å². The minimum atomic E-state index is -4.50. The van der Waals surface area contributed by atoms with Gasteiger partial charge in [-0.2, -0.15) is 18.2 Å². The zero-order valence-electron chi connectivity index (χ0n) is 11.5. The van der Waals surface area contributed by atoms with Gasteiger partial charge >= 0.3 is 6.18 Å². The Kier molecular flexibility index (Phi) is 4.61. The molecule has 0 saturated carbocycles. The second-order valence-corrected chi connectivity index (χ2v) is 5.31. The molecule has 0 aromatic carbocycles.